The van der Waals surface area contributed by atoms with Crippen molar-refractivity contribution in [2.24, 2.45) is 0 Å². The Morgan fingerprint density at radius 3 is 1.30 bits per heavy atom. The van der Waals surface area contributed by atoms with Gasteiger partial charge in [0.25, 0.3) is 0 Å². The summed E-state index contributed by atoms with van der Waals surface area (Å²) in [6, 6.07) is -0.713. The van der Waals surface area contributed by atoms with Crippen molar-refractivity contribution in [3.63, 3.8) is 0 Å². The molecule has 0 heterocycles. The van der Waals surface area contributed by atoms with Gasteiger partial charge in [-0.05, 0) is 96.3 Å². The van der Waals surface area contributed by atoms with Crippen LogP contribution in [0.5, 0.6) is 0 Å². The summed E-state index contributed by atoms with van der Waals surface area (Å²) in [4.78, 5) is 26.2. The van der Waals surface area contributed by atoms with E-state index in [1.165, 1.54) is 109 Å². The maximum atomic E-state index is 13.2. The summed E-state index contributed by atoms with van der Waals surface area (Å²) in [6.45, 7) is 6.36. The lowest BCUT2D eigenvalue weighted by atomic mass is 10.0. The minimum Gasteiger partial charge on any atom is -0.462 e. The Morgan fingerprint density at radius 1 is 0.469 bits per heavy atom. The zero-order chi connectivity index (χ0) is 46.7. The molecule has 0 spiro atoms. The van der Waals surface area contributed by atoms with E-state index >= 15 is 0 Å². The molecule has 0 bridgehead atoms. The zero-order valence-electron chi connectivity index (χ0n) is 42.1. The average molecular weight is 894 g/mol. The Morgan fingerprint density at radius 2 is 0.844 bits per heavy atom. The van der Waals surface area contributed by atoms with Crippen molar-refractivity contribution in [3.05, 3.63) is 72.9 Å². The van der Waals surface area contributed by atoms with E-state index in [-0.39, 0.29) is 24.9 Å². The first-order chi connectivity index (χ1) is 31.5. The highest BCUT2D eigenvalue weighted by Crippen LogP contribution is 2.17. The van der Waals surface area contributed by atoms with E-state index in [0.717, 1.165) is 103 Å². The molecule has 0 rings (SSSR count). The molecule has 1 amide bonds. The lowest BCUT2D eigenvalue weighted by molar-refractivity contribution is -0.151. The number of ether oxygens (including phenoxy) is 1. The van der Waals surface area contributed by atoms with Crippen LogP contribution in [0.2, 0.25) is 0 Å². The fourth-order valence-corrected chi connectivity index (χ4v) is 7.92. The molecule has 370 valence electrons. The van der Waals surface area contributed by atoms with E-state index in [2.05, 4.69) is 99.0 Å². The van der Waals surface area contributed by atoms with Crippen LogP contribution in [0, 0.1) is 0 Å². The Labute approximate surface area is 396 Å². The van der Waals surface area contributed by atoms with Gasteiger partial charge in [-0.3, -0.25) is 9.59 Å². The van der Waals surface area contributed by atoms with Gasteiger partial charge >= 0.3 is 5.97 Å². The number of amides is 1. The van der Waals surface area contributed by atoms with Gasteiger partial charge in [-0.15, -0.1) is 0 Å². The van der Waals surface area contributed by atoms with Gasteiger partial charge < -0.3 is 20.3 Å². The number of hydrogen-bond donors (Lipinski definition) is 3. The van der Waals surface area contributed by atoms with Gasteiger partial charge in [0, 0.05) is 6.42 Å². The van der Waals surface area contributed by atoms with Crippen LogP contribution < -0.4 is 5.32 Å². The molecule has 0 fully saturated rings. The van der Waals surface area contributed by atoms with Gasteiger partial charge in [0.1, 0.15) is 6.10 Å². The van der Waals surface area contributed by atoms with Crippen molar-refractivity contribution in [2.75, 3.05) is 6.61 Å². The maximum Gasteiger partial charge on any atom is 0.306 e. The molecule has 64 heavy (non-hydrogen) atoms. The number of hydrogen-bond acceptors (Lipinski definition) is 5. The van der Waals surface area contributed by atoms with Gasteiger partial charge in [0.15, 0.2) is 0 Å². The fraction of sp³-hybridized carbons (Fsp3) is 0.759. The normalized spacial score (nSPS) is 13.8. The number of allylic oxidation sites excluding steroid dienone is 12. The maximum absolute atomic E-state index is 13.2. The lowest BCUT2D eigenvalue weighted by Gasteiger charge is -2.24. The number of carbonyl (C=O) groups excluding carboxylic acids is 2. The predicted molar refractivity (Wildman–Crippen MR) is 278 cm³/mol. The summed E-state index contributed by atoms with van der Waals surface area (Å²) >= 11 is 0. The average Bonchev–Trinajstić information content (AvgIpc) is 3.29. The van der Waals surface area contributed by atoms with E-state index in [4.69, 9.17) is 4.74 Å². The van der Waals surface area contributed by atoms with Crippen molar-refractivity contribution in [2.45, 2.75) is 277 Å². The van der Waals surface area contributed by atoms with Crippen LogP contribution in [0.4, 0.5) is 0 Å². The molecule has 0 aliphatic rings. The van der Waals surface area contributed by atoms with E-state index in [0.29, 0.717) is 19.3 Å². The molecule has 0 aliphatic heterocycles. The number of aliphatic hydroxyl groups excluding tert-OH is 2. The Kier molecular flexibility index (Phi) is 49.1. The molecule has 0 aliphatic carbocycles. The van der Waals surface area contributed by atoms with Gasteiger partial charge in [-0.25, -0.2) is 0 Å². The molecule has 0 aromatic rings. The third kappa shape index (κ3) is 45.9. The number of esters is 1. The van der Waals surface area contributed by atoms with E-state index in [1.54, 1.807) is 0 Å². The minimum absolute atomic E-state index is 0.0564. The highest BCUT2D eigenvalue weighted by atomic mass is 16.5. The van der Waals surface area contributed by atoms with Crippen LogP contribution in [-0.2, 0) is 14.3 Å². The molecule has 0 aromatic carbocycles. The molecule has 3 N–H and O–H groups in total. The first-order valence-electron chi connectivity index (χ1n) is 27.2. The van der Waals surface area contributed by atoms with E-state index in [9.17, 15) is 19.8 Å². The number of carbonyl (C=O) groups is 2. The quantitative estimate of drug-likeness (QED) is 0.0321. The topological polar surface area (TPSA) is 95.9 Å². The number of aliphatic hydroxyl groups is 2. The highest BCUT2D eigenvalue weighted by Gasteiger charge is 2.24. The highest BCUT2D eigenvalue weighted by molar-refractivity contribution is 5.77. The van der Waals surface area contributed by atoms with Gasteiger partial charge in [-0.2, -0.15) is 0 Å². The molecule has 3 atom stereocenters. The molecule has 6 heteroatoms. The minimum atomic E-state index is -0.798. The second-order valence-electron chi connectivity index (χ2n) is 18.2. The molecule has 0 saturated carbocycles. The largest absolute Gasteiger partial charge is 0.462 e. The SMILES string of the molecule is CC/C=C\C/C=C\C/C=C\C/C=C\C/C=C\CCCCCC(=O)OC(CCCCCCC/C=C/CCCCCCCC)CC(=O)NC(CO)C(O)CCCCCCCCCCCCC. The van der Waals surface area contributed by atoms with Crippen molar-refractivity contribution >= 4 is 11.9 Å². The van der Waals surface area contributed by atoms with E-state index in [1.807, 2.05) is 0 Å². The molecule has 0 aromatic heterocycles. The van der Waals surface area contributed by atoms with Crippen molar-refractivity contribution < 1.29 is 24.5 Å². The summed E-state index contributed by atoms with van der Waals surface area (Å²) in [5.41, 5.74) is 0. The van der Waals surface area contributed by atoms with E-state index < -0.39 is 18.2 Å². The summed E-state index contributed by atoms with van der Waals surface area (Å²) in [5, 5.41) is 23.8. The number of nitrogens with one attached hydrogen (secondary N) is 1. The Hall–Kier alpha value is -2.70. The van der Waals surface area contributed by atoms with Gasteiger partial charge in [0.2, 0.25) is 5.91 Å². The molecule has 0 saturated heterocycles. The predicted octanol–water partition coefficient (Wildman–Crippen LogP) is 16.6. The number of unbranched alkanes of at least 4 members (excludes halogenated alkanes) is 24. The standard InChI is InChI=1S/C58H103NO5/c1-4-7-10-13-16-19-22-24-26-27-28-29-31-33-36-39-42-45-48-51-58(63)64-54(49-46-43-40-37-35-32-30-25-23-20-17-14-11-8-5-2)52-57(62)59-55(53-60)56(61)50-47-44-41-38-34-21-18-15-12-9-6-3/h7,10,16,19,24-26,28-30,33,36,54-56,60-61H,4-6,8-9,11-15,17-18,20-23,27,31-32,34-35,37-53H2,1-3H3,(H,59,62)/b10-7-,19-16-,26-24-,29-28-,30-25+,36-33-. The zero-order valence-corrected chi connectivity index (χ0v) is 42.1. The fourth-order valence-electron chi connectivity index (χ4n) is 7.92. The summed E-state index contributed by atoms with van der Waals surface area (Å²) < 4.78 is 5.93. The van der Waals surface area contributed by atoms with Crippen LogP contribution in [-0.4, -0.2) is 46.9 Å². The molecular weight excluding hydrogens is 791 g/mol. The Balaban J connectivity index is 4.65. The lowest BCUT2D eigenvalue weighted by Crippen LogP contribution is -2.46. The second-order valence-corrected chi connectivity index (χ2v) is 18.2. The van der Waals surface area contributed by atoms with Crippen LogP contribution in [0.3, 0.4) is 0 Å². The van der Waals surface area contributed by atoms with Crippen LogP contribution in [0.25, 0.3) is 0 Å². The summed E-state index contributed by atoms with van der Waals surface area (Å²) in [6.07, 6.45) is 65.3. The monoisotopic (exact) mass is 894 g/mol. The van der Waals surface area contributed by atoms with Crippen molar-refractivity contribution in [1.82, 2.24) is 5.32 Å². The summed E-state index contributed by atoms with van der Waals surface area (Å²) in [7, 11) is 0. The molecule has 6 nitrogen and oxygen atoms in total. The summed E-state index contributed by atoms with van der Waals surface area (Å²) in [5.74, 6) is -0.518. The Bertz CT molecular complexity index is 1190. The smallest absolute Gasteiger partial charge is 0.306 e. The third-order valence-electron chi connectivity index (χ3n) is 12.0. The molecule has 3 unspecified atom stereocenters. The first kappa shape index (κ1) is 61.3. The van der Waals surface area contributed by atoms with Gasteiger partial charge in [-0.1, -0.05) is 222 Å². The van der Waals surface area contributed by atoms with Crippen LogP contribution in [0.1, 0.15) is 258 Å². The van der Waals surface area contributed by atoms with Crippen molar-refractivity contribution in [3.8, 4) is 0 Å². The van der Waals surface area contributed by atoms with Crippen molar-refractivity contribution in [1.29, 1.82) is 0 Å². The number of rotatable bonds is 48. The van der Waals surface area contributed by atoms with Crippen LogP contribution in [0.15, 0.2) is 72.9 Å². The van der Waals surface area contributed by atoms with Gasteiger partial charge in [0.05, 0.1) is 25.2 Å². The third-order valence-corrected chi connectivity index (χ3v) is 12.0. The molecule has 0 radical (unpaired) electrons. The second kappa shape index (κ2) is 51.3. The van der Waals surface area contributed by atoms with Crippen LogP contribution >= 0.6 is 0 Å². The molecular formula is C58H103NO5. The first-order valence-corrected chi connectivity index (χ1v) is 27.2.